The highest BCUT2D eigenvalue weighted by molar-refractivity contribution is 7.89. The van der Waals surface area contributed by atoms with Crippen LogP contribution in [-0.2, 0) is 10.0 Å². The van der Waals surface area contributed by atoms with Gasteiger partial charge in [-0.1, -0.05) is 0 Å². The molecule has 0 spiro atoms. The highest BCUT2D eigenvalue weighted by Gasteiger charge is 2.30. The van der Waals surface area contributed by atoms with Crippen molar-refractivity contribution < 1.29 is 22.7 Å². The first-order valence-electron chi connectivity index (χ1n) is 8.29. The third-order valence-electron chi connectivity index (χ3n) is 4.10. The molecule has 2 aromatic carbocycles. The Kier molecular flexibility index (Phi) is 6.76. The zero-order chi connectivity index (χ0) is 19.6. The van der Waals surface area contributed by atoms with Crippen molar-refractivity contribution in [2.75, 3.05) is 25.3 Å². The molecule has 0 saturated heterocycles. The number of sulfonamides is 1. The van der Waals surface area contributed by atoms with Crippen LogP contribution in [0.2, 0.25) is 0 Å². The minimum Gasteiger partial charge on any atom is -0.495 e. The molecule has 0 unspecified atom stereocenters. The van der Waals surface area contributed by atoms with Crippen LogP contribution in [0.4, 0.5) is 11.4 Å². The Morgan fingerprint density at radius 3 is 2.29 bits per heavy atom. The molecule has 4 N–H and O–H groups in total. The predicted molar refractivity (Wildman–Crippen MR) is 109 cm³/mol. The Morgan fingerprint density at radius 1 is 1.07 bits per heavy atom. The second kappa shape index (κ2) is 8.68. The van der Waals surface area contributed by atoms with Crippen molar-refractivity contribution in [3.63, 3.8) is 0 Å². The number of rotatable bonds is 7. The maximum absolute atomic E-state index is 12.6. The van der Waals surface area contributed by atoms with E-state index in [-0.39, 0.29) is 34.7 Å². The summed E-state index contributed by atoms with van der Waals surface area (Å²) in [7, 11) is -0.897. The topological polar surface area (TPSA) is 120 Å². The Labute approximate surface area is 169 Å². The molecule has 3 rings (SSSR count). The van der Waals surface area contributed by atoms with Gasteiger partial charge in [-0.2, -0.15) is 0 Å². The van der Waals surface area contributed by atoms with Crippen LogP contribution >= 0.6 is 12.4 Å². The highest BCUT2D eigenvalue weighted by Crippen LogP contribution is 2.29. The fourth-order valence-electron chi connectivity index (χ4n) is 2.53. The van der Waals surface area contributed by atoms with Gasteiger partial charge in [-0.3, -0.25) is 4.79 Å². The molecule has 1 saturated carbocycles. The van der Waals surface area contributed by atoms with E-state index in [9.17, 15) is 13.2 Å². The normalized spacial score (nSPS) is 13.4. The standard InChI is InChI=1S/C18H21N3O5S.ClH/c1-25-15-8-6-13(10-14(15)19)20-18(22)11-3-7-16(26-2)17(9-11)27(23,24)21-12-4-5-12;/h3,6-10,12,21H,4-5,19H2,1-2H3,(H,20,22);1H. The predicted octanol–water partition coefficient (Wildman–Crippen LogP) is 2.40. The van der Waals surface area contributed by atoms with Crippen molar-refractivity contribution in [1.29, 1.82) is 0 Å². The van der Waals surface area contributed by atoms with E-state index in [1.54, 1.807) is 18.2 Å². The van der Waals surface area contributed by atoms with Crippen LogP contribution in [0.1, 0.15) is 23.2 Å². The van der Waals surface area contributed by atoms with E-state index in [4.69, 9.17) is 15.2 Å². The van der Waals surface area contributed by atoms with E-state index < -0.39 is 15.9 Å². The second-order valence-electron chi connectivity index (χ2n) is 6.17. The molecule has 1 amide bonds. The van der Waals surface area contributed by atoms with Crippen LogP contribution < -0.4 is 25.2 Å². The number of nitrogen functional groups attached to an aromatic ring is 1. The minimum absolute atomic E-state index is 0. The van der Waals surface area contributed by atoms with Gasteiger partial charge in [0.25, 0.3) is 5.91 Å². The lowest BCUT2D eigenvalue weighted by atomic mass is 10.2. The summed E-state index contributed by atoms with van der Waals surface area (Å²) < 4.78 is 37.9. The van der Waals surface area contributed by atoms with E-state index in [0.717, 1.165) is 12.8 Å². The molecule has 0 heterocycles. The van der Waals surface area contributed by atoms with E-state index in [1.165, 1.54) is 32.4 Å². The molecule has 0 aromatic heterocycles. The molecule has 28 heavy (non-hydrogen) atoms. The number of anilines is 2. The number of halogens is 1. The fourth-order valence-corrected chi connectivity index (χ4v) is 4.03. The van der Waals surface area contributed by atoms with Crippen LogP contribution in [0.15, 0.2) is 41.3 Å². The van der Waals surface area contributed by atoms with E-state index in [0.29, 0.717) is 17.1 Å². The maximum atomic E-state index is 12.6. The van der Waals surface area contributed by atoms with Crippen molar-refractivity contribution in [1.82, 2.24) is 4.72 Å². The van der Waals surface area contributed by atoms with E-state index in [2.05, 4.69) is 10.0 Å². The smallest absolute Gasteiger partial charge is 0.255 e. The lowest BCUT2D eigenvalue weighted by Gasteiger charge is -2.13. The Hall–Kier alpha value is -2.49. The lowest BCUT2D eigenvalue weighted by Crippen LogP contribution is -2.26. The van der Waals surface area contributed by atoms with Gasteiger partial charge in [-0.25, -0.2) is 13.1 Å². The summed E-state index contributed by atoms with van der Waals surface area (Å²) in [6, 6.07) is 9.03. The van der Waals surface area contributed by atoms with E-state index in [1.807, 2.05) is 0 Å². The number of hydrogen-bond donors (Lipinski definition) is 3. The molecule has 1 aliphatic rings. The first kappa shape index (κ1) is 21.8. The van der Waals surface area contributed by atoms with Gasteiger partial charge in [0.2, 0.25) is 10.0 Å². The molecule has 1 fully saturated rings. The summed E-state index contributed by atoms with van der Waals surface area (Å²) >= 11 is 0. The van der Waals surface area contributed by atoms with Gasteiger partial charge in [-0.05, 0) is 49.2 Å². The Balaban J connectivity index is 0.00000280. The molecule has 0 aliphatic heterocycles. The monoisotopic (exact) mass is 427 g/mol. The van der Waals surface area contributed by atoms with Gasteiger partial charge in [0, 0.05) is 17.3 Å². The molecule has 2 aromatic rings. The molecular formula is C18H22ClN3O5S. The summed E-state index contributed by atoms with van der Waals surface area (Å²) in [4.78, 5) is 12.5. The molecule has 1 aliphatic carbocycles. The maximum Gasteiger partial charge on any atom is 0.255 e. The summed E-state index contributed by atoms with van der Waals surface area (Å²) in [5.74, 6) is 0.204. The fraction of sp³-hybridized carbons (Fsp3) is 0.278. The number of carbonyl (C=O) groups is 1. The second-order valence-corrected chi connectivity index (χ2v) is 7.85. The first-order valence-corrected chi connectivity index (χ1v) is 9.77. The minimum atomic E-state index is -3.78. The van der Waals surface area contributed by atoms with Gasteiger partial charge < -0.3 is 20.5 Å². The van der Waals surface area contributed by atoms with Gasteiger partial charge in [0.1, 0.15) is 16.4 Å². The van der Waals surface area contributed by atoms with Gasteiger partial charge in [0.05, 0.1) is 19.9 Å². The van der Waals surface area contributed by atoms with Gasteiger partial charge >= 0.3 is 0 Å². The summed E-state index contributed by atoms with van der Waals surface area (Å²) in [6.45, 7) is 0. The summed E-state index contributed by atoms with van der Waals surface area (Å²) in [5.41, 5.74) is 6.86. The van der Waals surface area contributed by atoms with Crippen LogP contribution in [0, 0.1) is 0 Å². The SMILES string of the molecule is COc1ccc(NC(=O)c2ccc(OC)c(S(=O)(=O)NC3CC3)c2)cc1N.Cl. The largest absolute Gasteiger partial charge is 0.495 e. The van der Waals surface area contributed by atoms with Crippen molar-refractivity contribution in [3.05, 3.63) is 42.0 Å². The quantitative estimate of drug-likeness (QED) is 0.583. The van der Waals surface area contributed by atoms with Crippen molar-refractivity contribution in [2.45, 2.75) is 23.8 Å². The Morgan fingerprint density at radius 2 is 1.71 bits per heavy atom. The van der Waals surface area contributed by atoms with Crippen molar-refractivity contribution in [3.8, 4) is 11.5 Å². The summed E-state index contributed by atoms with van der Waals surface area (Å²) in [5, 5.41) is 2.69. The zero-order valence-electron chi connectivity index (χ0n) is 15.4. The third kappa shape index (κ3) is 4.86. The Bertz CT molecular complexity index is 977. The van der Waals surface area contributed by atoms with Crippen LogP contribution in [-0.4, -0.2) is 34.6 Å². The average molecular weight is 428 g/mol. The number of nitrogens with one attached hydrogen (secondary N) is 2. The summed E-state index contributed by atoms with van der Waals surface area (Å²) in [6.07, 6.45) is 1.61. The first-order chi connectivity index (χ1) is 12.8. The number of carbonyl (C=O) groups excluding carboxylic acids is 1. The molecule has 0 atom stereocenters. The molecule has 0 radical (unpaired) electrons. The van der Waals surface area contributed by atoms with Gasteiger partial charge in [0.15, 0.2) is 0 Å². The molecular weight excluding hydrogens is 406 g/mol. The molecule has 152 valence electrons. The van der Waals surface area contributed by atoms with Crippen molar-refractivity contribution >= 4 is 39.7 Å². The van der Waals surface area contributed by atoms with Crippen LogP contribution in [0.3, 0.4) is 0 Å². The molecule has 8 nitrogen and oxygen atoms in total. The van der Waals surface area contributed by atoms with Crippen LogP contribution in [0.25, 0.3) is 0 Å². The number of methoxy groups -OCH3 is 2. The average Bonchev–Trinajstić information content (AvgIpc) is 3.44. The number of nitrogens with two attached hydrogens (primary N) is 1. The van der Waals surface area contributed by atoms with Crippen LogP contribution in [0.5, 0.6) is 11.5 Å². The highest BCUT2D eigenvalue weighted by atomic mass is 35.5. The molecule has 0 bridgehead atoms. The number of ether oxygens (including phenoxy) is 2. The third-order valence-corrected chi connectivity index (χ3v) is 5.64. The lowest BCUT2D eigenvalue weighted by molar-refractivity contribution is 0.102. The zero-order valence-corrected chi connectivity index (χ0v) is 17.0. The van der Waals surface area contributed by atoms with Crippen molar-refractivity contribution in [2.24, 2.45) is 0 Å². The van der Waals surface area contributed by atoms with Gasteiger partial charge in [-0.15, -0.1) is 12.4 Å². The molecule has 10 heteroatoms. The number of hydrogen-bond acceptors (Lipinski definition) is 6. The van der Waals surface area contributed by atoms with E-state index >= 15 is 0 Å². The number of benzene rings is 2. The number of amides is 1.